The van der Waals surface area contributed by atoms with E-state index < -0.39 is 27.4 Å². The van der Waals surface area contributed by atoms with E-state index in [0.29, 0.717) is 5.82 Å². The molecule has 0 bridgehead atoms. The molecule has 1 heterocycles. The summed E-state index contributed by atoms with van der Waals surface area (Å²) in [4.78, 5) is 15.1. The molecule has 9 heteroatoms. The number of hydrogen-bond acceptors (Lipinski definition) is 4. The molecule has 0 aliphatic carbocycles. The maximum atomic E-state index is 13.3. The van der Waals surface area contributed by atoms with Crippen LogP contribution in [0, 0.1) is 19.7 Å². The van der Waals surface area contributed by atoms with Crippen LogP contribution in [0.1, 0.15) is 21.7 Å². The number of carboxylic acid groups (broad SMARTS) is 1. The van der Waals surface area contributed by atoms with E-state index in [0.717, 1.165) is 12.1 Å². The van der Waals surface area contributed by atoms with E-state index in [9.17, 15) is 17.6 Å². The lowest BCUT2D eigenvalue weighted by atomic mass is 10.1. The molecule has 0 amide bonds. The number of imidazole rings is 1. The van der Waals surface area contributed by atoms with Crippen LogP contribution in [0.25, 0.3) is 0 Å². The van der Waals surface area contributed by atoms with Crippen molar-refractivity contribution >= 4 is 21.7 Å². The highest BCUT2D eigenvalue weighted by molar-refractivity contribution is 7.92. The topological polar surface area (TPSA) is 101 Å². The SMILES string of the molecule is Cc1cc(F)cc(C(=O)O)c1NS(=O)(=O)c1cn(C)c(C)n1. The lowest BCUT2D eigenvalue weighted by Crippen LogP contribution is -2.17. The molecule has 0 aliphatic heterocycles. The van der Waals surface area contributed by atoms with E-state index >= 15 is 0 Å². The van der Waals surface area contributed by atoms with Gasteiger partial charge in [-0.25, -0.2) is 14.2 Å². The molecule has 118 valence electrons. The van der Waals surface area contributed by atoms with Crippen molar-refractivity contribution in [2.45, 2.75) is 18.9 Å². The summed E-state index contributed by atoms with van der Waals surface area (Å²) in [6.45, 7) is 3.04. The minimum absolute atomic E-state index is 0.161. The van der Waals surface area contributed by atoms with Gasteiger partial charge in [0.05, 0.1) is 11.3 Å². The zero-order valence-corrected chi connectivity index (χ0v) is 12.9. The van der Waals surface area contributed by atoms with Crippen molar-refractivity contribution < 1.29 is 22.7 Å². The Hall–Kier alpha value is -2.42. The summed E-state index contributed by atoms with van der Waals surface area (Å²) >= 11 is 0. The van der Waals surface area contributed by atoms with Gasteiger partial charge in [-0.15, -0.1) is 0 Å². The first kappa shape index (κ1) is 16.0. The summed E-state index contributed by atoms with van der Waals surface area (Å²) in [6.07, 6.45) is 1.30. The van der Waals surface area contributed by atoms with Crippen LogP contribution in [0.4, 0.5) is 10.1 Å². The maximum Gasteiger partial charge on any atom is 0.337 e. The van der Waals surface area contributed by atoms with Gasteiger partial charge in [-0.05, 0) is 31.5 Å². The average Bonchev–Trinajstić information content (AvgIpc) is 2.73. The Morgan fingerprint density at radius 2 is 2.00 bits per heavy atom. The molecule has 0 spiro atoms. The largest absolute Gasteiger partial charge is 0.478 e. The van der Waals surface area contributed by atoms with Gasteiger partial charge in [0.25, 0.3) is 10.0 Å². The van der Waals surface area contributed by atoms with Gasteiger partial charge in [0.1, 0.15) is 11.6 Å². The molecule has 0 unspecified atom stereocenters. The lowest BCUT2D eigenvalue weighted by molar-refractivity contribution is 0.0697. The van der Waals surface area contributed by atoms with Gasteiger partial charge in [-0.2, -0.15) is 8.42 Å². The standard InChI is InChI=1S/C13H14FN3O4S/c1-7-4-9(14)5-10(13(18)19)12(7)16-22(20,21)11-6-17(3)8(2)15-11/h4-6,16H,1-3H3,(H,18,19). The van der Waals surface area contributed by atoms with Gasteiger partial charge in [0.2, 0.25) is 0 Å². The summed E-state index contributed by atoms with van der Waals surface area (Å²) < 4.78 is 41.6. The summed E-state index contributed by atoms with van der Waals surface area (Å²) in [5, 5.41) is 8.87. The number of sulfonamides is 1. The van der Waals surface area contributed by atoms with Crippen LogP contribution >= 0.6 is 0 Å². The number of carboxylic acids is 1. The first-order chi connectivity index (χ1) is 10.1. The predicted molar refractivity (Wildman–Crippen MR) is 76.8 cm³/mol. The molecule has 1 aromatic carbocycles. The molecule has 0 atom stereocenters. The third-order valence-electron chi connectivity index (χ3n) is 3.13. The molecule has 0 saturated carbocycles. The molecule has 0 fully saturated rings. The fourth-order valence-electron chi connectivity index (χ4n) is 1.89. The zero-order valence-electron chi connectivity index (χ0n) is 12.1. The molecular weight excluding hydrogens is 313 g/mol. The van der Waals surface area contributed by atoms with E-state index in [-0.39, 0.29) is 16.3 Å². The normalized spacial score (nSPS) is 11.5. The smallest absolute Gasteiger partial charge is 0.337 e. The van der Waals surface area contributed by atoms with E-state index in [2.05, 4.69) is 9.71 Å². The maximum absolute atomic E-state index is 13.3. The summed E-state index contributed by atoms with van der Waals surface area (Å²) in [7, 11) is -2.44. The molecule has 22 heavy (non-hydrogen) atoms. The molecular formula is C13H14FN3O4S. The number of hydrogen-bond donors (Lipinski definition) is 2. The van der Waals surface area contributed by atoms with Crippen LogP contribution in [0.2, 0.25) is 0 Å². The number of aryl methyl sites for hydroxylation is 3. The fraction of sp³-hybridized carbons (Fsp3) is 0.231. The Labute approximate surface area is 126 Å². The molecule has 2 rings (SSSR count). The molecule has 1 aromatic heterocycles. The number of benzene rings is 1. The Kier molecular flexibility index (Phi) is 3.92. The van der Waals surface area contributed by atoms with Crippen molar-refractivity contribution in [1.29, 1.82) is 0 Å². The number of anilines is 1. The molecule has 2 N–H and O–H groups in total. The van der Waals surface area contributed by atoms with Crippen LogP contribution in [-0.2, 0) is 17.1 Å². The van der Waals surface area contributed by atoms with Crippen molar-refractivity contribution in [1.82, 2.24) is 9.55 Å². The number of aromatic nitrogens is 2. The van der Waals surface area contributed by atoms with Gasteiger partial charge in [-0.1, -0.05) is 0 Å². The Balaban J connectivity index is 2.52. The molecule has 2 aromatic rings. The number of nitrogens with one attached hydrogen (secondary N) is 1. The minimum atomic E-state index is -4.07. The summed E-state index contributed by atoms with van der Waals surface area (Å²) in [5.41, 5.74) is -0.487. The second-order valence-corrected chi connectivity index (χ2v) is 6.42. The monoisotopic (exact) mass is 327 g/mol. The van der Waals surface area contributed by atoms with E-state index in [1.54, 1.807) is 14.0 Å². The highest BCUT2D eigenvalue weighted by Crippen LogP contribution is 2.25. The van der Waals surface area contributed by atoms with Crippen molar-refractivity contribution in [2.24, 2.45) is 7.05 Å². The van der Waals surface area contributed by atoms with Gasteiger partial charge < -0.3 is 9.67 Å². The number of aromatic carboxylic acids is 1. The quantitative estimate of drug-likeness (QED) is 0.889. The molecule has 0 saturated heterocycles. The van der Waals surface area contributed by atoms with Gasteiger partial charge in [-0.3, -0.25) is 4.72 Å². The first-order valence-electron chi connectivity index (χ1n) is 6.18. The van der Waals surface area contributed by atoms with Crippen LogP contribution in [0.15, 0.2) is 23.4 Å². The Morgan fingerprint density at radius 1 is 1.36 bits per heavy atom. The van der Waals surface area contributed by atoms with Crippen LogP contribution in [-0.4, -0.2) is 29.0 Å². The lowest BCUT2D eigenvalue weighted by Gasteiger charge is -2.12. The van der Waals surface area contributed by atoms with E-state index in [4.69, 9.17) is 5.11 Å². The highest BCUT2D eigenvalue weighted by Gasteiger charge is 2.23. The van der Waals surface area contributed by atoms with Crippen molar-refractivity contribution in [3.8, 4) is 0 Å². The minimum Gasteiger partial charge on any atom is -0.478 e. The summed E-state index contributed by atoms with van der Waals surface area (Å²) in [6, 6.07) is 1.81. The van der Waals surface area contributed by atoms with Crippen LogP contribution in [0.3, 0.4) is 0 Å². The number of rotatable bonds is 4. The third kappa shape index (κ3) is 2.93. The second-order valence-electron chi connectivity index (χ2n) is 4.79. The average molecular weight is 327 g/mol. The first-order valence-corrected chi connectivity index (χ1v) is 7.66. The Bertz CT molecular complexity index is 839. The van der Waals surface area contributed by atoms with Gasteiger partial charge >= 0.3 is 5.97 Å². The molecule has 7 nitrogen and oxygen atoms in total. The number of halogens is 1. The van der Waals surface area contributed by atoms with Gasteiger partial charge in [0.15, 0.2) is 5.03 Å². The van der Waals surface area contributed by atoms with Gasteiger partial charge in [0, 0.05) is 13.2 Å². The summed E-state index contributed by atoms with van der Waals surface area (Å²) in [5.74, 6) is -1.71. The highest BCUT2D eigenvalue weighted by atomic mass is 32.2. The van der Waals surface area contributed by atoms with Crippen molar-refractivity contribution in [3.05, 3.63) is 41.1 Å². The molecule has 0 radical (unpaired) electrons. The Morgan fingerprint density at radius 3 is 2.50 bits per heavy atom. The van der Waals surface area contributed by atoms with Crippen LogP contribution in [0.5, 0.6) is 0 Å². The van der Waals surface area contributed by atoms with E-state index in [1.807, 2.05) is 0 Å². The third-order valence-corrected chi connectivity index (χ3v) is 4.35. The van der Waals surface area contributed by atoms with Crippen molar-refractivity contribution in [3.63, 3.8) is 0 Å². The predicted octanol–water partition coefficient (Wildman–Crippen LogP) is 1.68. The van der Waals surface area contributed by atoms with E-state index in [1.165, 1.54) is 17.7 Å². The number of nitrogens with zero attached hydrogens (tertiary/aromatic N) is 2. The molecule has 0 aliphatic rings. The zero-order chi connectivity index (χ0) is 16.7. The second kappa shape index (κ2) is 5.41. The van der Waals surface area contributed by atoms with Crippen LogP contribution < -0.4 is 4.72 Å². The fourth-order valence-corrected chi connectivity index (χ4v) is 3.08. The van der Waals surface area contributed by atoms with Crippen molar-refractivity contribution in [2.75, 3.05) is 4.72 Å². The number of carbonyl (C=O) groups is 1.